The molecular formula is C17H19N5O6S. The molecule has 0 fully saturated rings. The van der Waals surface area contributed by atoms with Crippen molar-refractivity contribution in [1.29, 1.82) is 0 Å². The van der Waals surface area contributed by atoms with Crippen LogP contribution in [0.3, 0.4) is 0 Å². The second-order valence-electron chi connectivity index (χ2n) is 6.37. The Balaban J connectivity index is 1.79. The number of fused-ring (bicyclic) bond motifs is 1. The predicted octanol–water partition coefficient (Wildman–Crippen LogP) is -0.338. The second-order valence-corrected chi connectivity index (χ2v) is 8.12. The number of ether oxygens (including phenoxy) is 1. The van der Waals surface area contributed by atoms with Crippen LogP contribution in [0.4, 0.5) is 5.69 Å². The van der Waals surface area contributed by atoms with Crippen molar-refractivity contribution >= 4 is 32.8 Å². The van der Waals surface area contributed by atoms with Gasteiger partial charge in [0.1, 0.15) is 6.61 Å². The fourth-order valence-electron chi connectivity index (χ4n) is 2.83. The van der Waals surface area contributed by atoms with E-state index in [9.17, 15) is 22.8 Å². The van der Waals surface area contributed by atoms with Crippen LogP contribution < -0.4 is 16.0 Å². The number of hydrogen-bond acceptors (Lipinski definition) is 7. The van der Waals surface area contributed by atoms with E-state index >= 15 is 0 Å². The lowest BCUT2D eigenvalue weighted by Gasteiger charge is -2.11. The van der Waals surface area contributed by atoms with Gasteiger partial charge in [-0.1, -0.05) is 12.1 Å². The van der Waals surface area contributed by atoms with Crippen LogP contribution in [0.5, 0.6) is 0 Å². The Labute approximate surface area is 165 Å². The molecule has 11 nitrogen and oxygen atoms in total. The quantitative estimate of drug-likeness (QED) is 0.538. The number of carbonyl (C=O) groups excluding carboxylic acids is 1. The molecule has 12 heteroatoms. The maximum atomic E-state index is 12.4. The van der Waals surface area contributed by atoms with E-state index in [1.54, 1.807) is 12.1 Å². The molecule has 1 N–H and O–H groups in total. The van der Waals surface area contributed by atoms with Crippen molar-refractivity contribution in [2.24, 2.45) is 14.1 Å². The summed E-state index contributed by atoms with van der Waals surface area (Å²) < 4.78 is 34.1. The van der Waals surface area contributed by atoms with Crippen molar-refractivity contribution in [3.05, 3.63) is 57.0 Å². The first kappa shape index (κ1) is 20.3. The monoisotopic (exact) mass is 421 g/mol. The summed E-state index contributed by atoms with van der Waals surface area (Å²) in [6.45, 7) is 0.0286. The van der Waals surface area contributed by atoms with Crippen LogP contribution >= 0.6 is 0 Å². The number of rotatable bonds is 6. The van der Waals surface area contributed by atoms with Crippen molar-refractivity contribution in [3.63, 3.8) is 0 Å². The third-order valence-corrected chi connectivity index (χ3v) is 4.82. The first-order valence-electron chi connectivity index (χ1n) is 8.45. The number of anilines is 1. The van der Waals surface area contributed by atoms with E-state index in [-0.39, 0.29) is 35.6 Å². The molecule has 0 aliphatic rings. The molecule has 29 heavy (non-hydrogen) atoms. The van der Waals surface area contributed by atoms with Gasteiger partial charge in [-0.25, -0.2) is 23.0 Å². The molecule has 2 aromatic heterocycles. The Bertz CT molecular complexity index is 1320. The van der Waals surface area contributed by atoms with E-state index in [1.807, 2.05) is 0 Å². The maximum absolute atomic E-state index is 12.4. The largest absolute Gasteiger partial charge is 0.460 e. The highest BCUT2D eigenvalue weighted by Crippen LogP contribution is 2.17. The zero-order valence-electron chi connectivity index (χ0n) is 15.9. The molecule has 0 aliphatic carbocycles. The number of hydrogen-bond donors (Lipinski definition) is 1. The fourth-order valence-corrected chi connectivity index (χ4v) is 3.41. The van der Waals surface area contributed by atoms with Crippen LogP contribution in [0, 0.1) is 0 Å². The highest BCUT2D eigenvalue weighted by atomic mass is 32.2. The number of nitrogens with one attached hydrogen (secondary N) is 1. The molecule has 3 aromatic rings. The standard InChI is InChI=1S/C17H19N5O6S/c1-20-14-13(15(23)21(2)17(20)25)22(10-18-14)8-9-28-16(24)11-6-4-5-7-12(11)19-29(3,26)27/h4-7,10,19H,8-9H2,1-3H3. The predicted molar refractivity (Wildman–Crippen MR) is 105 cm³/mol. The topological polar surface area (TPSA) is 134 Å². The SMILES string of the molecule is Cn1c(=O)c2c(ncn2CCOC(=O)c2ccccc2NS(C)(=O)=O)n(C)c1=O. The molecule has 0 unspecified atom stereocenters. The number of nitrogens with zero attached hydrogens (tertiary/aromatic N) is 4. The summed E-state index contributed by atoms with van der Waals surface area (Å²) in [6, 6.07) is 6.05. The summed E-state index contributed by atoms with van der Waals surface area (Å²) in [5, 5.41) is 0. The van der Waals surface area contributed by atoms with Gasteiger partial charge in [-0.05, 0) is 12.1 Å². The Hall–Kier alpha value is -3.41. The number of aryl methyl sites for hydroxylation is 1. The van der Waals surface area contributed by atoms with E-state index in [2.05, 4.69) is 9.71 Å². The minimum Gasteiger partial charge on any atom is -0.460 e. The minimum absolute atomic E-state index is 0.0618. The second kappa shape index (κ2) is 7.54. The van der Waals surface area contributed by atoms with Crippen LogP contribution in [-0.4, -0.2) is 45.9 Å². The summed E-state index contributed by atoms with van der Waals surface area (Å²) in [4.78, 5) is 40.8. The maximum Gasteiger partial charge on any atom is 0.340 e. The van der Waals surface area contributed by atoms with Crippen molar-refractivity contribution < 1.29 is 17.9 Å². The Morgan fingerprint density at radius 2 is 1.86 bits per heavy atom. The Kier molecular flexibility index (Phi) is 5.29. The number of esters is 1. The van der Waals surface area contributed by atoms with Gasteiger partial charge in [0.25, 0.3) is 5.56 Å². The lowest BCUT2D eigenvalue weighted by molar-refractivity contribution is 0.0493. The average Bonchev–Trinajstić information content (AvgIpc) is 3.08. The van der Waals surface area contributed by atoms with Gasteiger partial charge in [-0.15, -0.1) is 0 Å². The van der Waals surface area contributed by atoms with Gasteiger partial charge in [0.15, 0.2) is 11.2 Å². The number of para-hydroxylation sites is 1. The van der Waals surface area contributed by atoms with Crippen molar-refractivity contribution in [3.8, 4) is 0 Å². The van der Waals surface area contributed by atoms with Crippen LogP contribution in [-0.2, 0) is 35.4 Å². The van der Waals surface area contributed by atoms with Gasteiger partial charge in [0.05, 0.1) is 30.4 Å². The van der Waals surface area contributed by atoms with E-state index in [0.29, 0.717) is 0 Å². The lowest BCUT2D eigenvalue weighted by Crippen LogP contribution is -2.37. The van der Waals surface area contributed by atoms with Crippen LogP contribution in [0.25, 0.3) is 11.2 Å². The Morgan fingerprint density at radius 1 is 1.17 bits per heavy atom. The molecule has 154 valence electrons. The molecular weight excluding hydrogens is 402 g/mol. The number of carbonyl (C=O) groups is 1. The molecule has 0 radical (unpaired) electrons. The zero-order chi connectivity index (χ0) is 21.3. The first-order valence-corrected chi connectivity index (χ1v) is 10.3. The van der Waals surface area contributed by atoms with Gasteiger partial charge in [-0.2, -0.15) is 0 Å². The van der Waals surface area contributed by atoms with Gasteiger partial charge in [-0.3, -0.25) is 18.7 Å². The smallest absolute Gasteiger partial charge is 0.340 e. The van der Waals surface area contributed by atoms with E-state index in [4.69, 9.17) is 4.74 Å². The Morgan fingerprint density at radius 3 is 2.55 bits per heavy atom. The van der Waals surface area contributed by atoms with E-state index in [0.717, 1.165) is 10.8 Å². The van der Waals surface area contributed by atoms with Crippen molar-refractivity contribution in [2.45, 2.75) is 6.54 Å². The van der Waals surface area contributed by atoms with Gasteiger partial charge >= 0.3 is 11.7 Å². The van der Waals surface area contributed by atoms with Gasteiger partial charge in [0.2, 0.25) is 10.0 Å². The molecule has 0 bridgehead atoms. The van der Waals surface area contributed by atoms with Gasteiger partial charge < -0.3 is 9.30 Å². The minimum atomic E-state index is -3.57. The lowest BCUT2D eigenvalue weighted by atomic mass is 10.2. The van der Waals surface area contributed by atoms with E-state index in [1.165, 1.54) is 41.7 Å². The molecule has 0 atom stereocenters. The summed E-state index contributed by atoms with van der Waals surface area (Å²) in [7, 11) is -0.690. The number of benzene rings is 1. The van der Waals surface area contributed by atoms with Crippen molar-refractivity contribution in [2.75, 3.05) is 17.6 Å². The molecule has 0 saturated carbocycles. The molecule has 0 amide bonds. The zero-order valence-corrected chi connectivity index (χ0v) is 16.8. The summed E-state index contributed by atoms with van der Waals surface area (Å²) >= 11 is 0. The number of aromatic nitrogens is 4. The number of imidazole rings is 1. The number of sulfonamides is 1. The fraction of sp³-hybridized carbons (Fsp3) is 0.294. The third kappa shape index (κ3) is 4.06. The normalized spacial score (nSPS) is 11.6. The van der Waals surface area contributed by atoms with Gasteiger partial charge in [0, 0.05) is 14.1 Å². The molecule has 0 saturated heterocycles. The molecule has 1 aromatic carbocycles. The van der Waals surface area contributed by atoms with Crippen LogP contribution in [0.15, 0.2) is 40.2 Å². The van der Waals surface area contributed by atoms with Crippen LogP contribution in [0.1, 0.15) is 10.4 Å². The molecule has 3 rings (SSSR count). The van der Waals surface area contributed by atoms with Crippen LogP contribution in [0.2, 0.25) is 0 Å². The highest BCUT2D eigenvalue weighted by molar-refractivity contribution is 7.92. The molecule has 2 heterocycles. The third-order valence-electron chi connectivity index (χ3n) is 4.22. The van der Waals surface area contributed by atoms with E-state index < -0.39 is 27.2 Å². The summed E-state index contributed by atoms with van der Waals surface area (Å²) in [5.41, 5.74) is -0.385. The first-order chi connectivity index (χ1) is 13.6. The molecule has 0 aliphatic heterocycles. The summed E-state index contributed by atoms with van der Waals surface area (Å²) in [5.74, 6) is -0.721. The van der Waals surface area contributed by atoms with Crippen molar-refractivity contribution in [1.82, 2.24) is 18.7 Å². The average molecular weight is 421 g/mol. The molecule has 0 spiro atoms. The summed E-state index contributed by atoms with van der Waals surface area (Å²) in [6.07, 6.45) is 2.37. The highest BCUT2D eigenvalue weighted by Gasteiger charge is 2.17.